The molecule has 5 heteroatoms. The number of carbonyl (C=O) groups is 1. The van der Waals surface area contributed by atoms with Gasteiger partial charge in [0.2, 0.25) is 5.91 Å². The maximum absolute atomic E-state index is 13.7. The predicted octanol–water partition coefficient (Wildman–Crippen LogP) is 3.33. The van der Waals surface area contributed by atoms with Gasteiger partial charge in [-0.15, -0.1) is 0 Å². The molecule has 0 saturated heterocycles. The van der Waals surface area contributed by atoms with Crippen LogP contribution < -0.4 is 10.1 Å². The summed E-state index contributed by atoms with van der Waals surface area (Å²) in [6.07, 6.45) is 0.198. The number of hydrogen-bond donors (Lipinski definition) is 2. The molecule has 0 saturated carbocycles. The van der Waals surface area contributed by atoms with E-state index in [0.717, 1.165) is 0 Å². The third kappa shape index (κ3) is 5.07. The zero-order valence-corrected chi connectivity index (χ0v) is 13.0. The first-order chi connectivity index (χ1) is 11.1. The third-order valence-corrected chi connectivity index (χ3v) is 3.43. The van der Waals surface area contributed by atoms with Crippen molar-refractivity contribution in [3.8, 4) is 5.75 Å². The molecule has 0 radical (unpaired) electrons. The Morgan fingerprint density at radius 1 is 1.22 bits per heavy atom. The minimum Gasteiger partial charge on any atom is -0.491 e. The predicted molar refractivity (Wildman–Crippen MR) is 87.1 cm³/mol. The molecule has 2 aromatic carbocycles. The van der Waals surface area contributed by atoms with E-state index in [9.17, 15) is 9.18 Å². The molecule has 4 nitrogen and oxygen atoms in total. The molecule has 1 atom stereocenters. The number of carbonyl (C=O) groups excluding carboxylic acids is 1. The zero-order chi connectivity index (χ0) is 16.7. The largest absolute Gasteiger partial charge is 0.491 e. The lowest BCUT2D eigenvalue weighted by Gasteiger charge is -2.13. The van der Waals surface area contributed by atoms with Gasteiger partial charge >= 0.3 is 0 Å². The van der Waals surface area contributed by atoms with Crippen LogP contribution in [0.2, 0.25) is 0 Å². The minimum absolute atomic E-state index is 0.0492. The van der Waals surface area contributed by atoms with Gasteiger partial charge in [0.25, 0.3) is 0 Å². The smallest absolute Gasteiger partial charge is 0.224 e. The number of anilines is 1. The van der Waals surface area contributed by atoms with Gasteiger partial charge in [-0.25, -0.2) is 4.39 Å². The van der Waals surface area contributed by atoms with Crippen LogP contribution in [-0.4, -0.2) is 24.2 Å². The van der Waals surface area contributed by atoms with Crippen LogP contribution in [0.3, 0.4) is 0 Å². The maximum Gasteiger partial charge on any atom is 0.224 e. The van der Waals surface area contributed by atoms with Crippen LogP contribution in [0.4, 0.5) is 10.1 Å². The third-order valence-electron chi connectivity index (χ3n) is 3.43. The Labute approximate surface area is 134 Å². The van der Waals surface area contributed by atoms with Gasteiger partial charge in [-0.1, -0.05) is 25.1 Å². The summed E-state index contributed by atoms with van der Waals surface area (Å²) in [7, 11) is 0. The number of rotatable bonds is 7. The number of nitrogens with one attached hydrogen (secondary N) is 1. The average Bonchev–Trinajstić information content (AvgIpc) is 2.54. The molecule has 0 aliphatic rings. The normalized spacial score (nSPS) is 11.8. The van der Waals surface area contributed by atoms with Crippen molar-refractivity contribution in [1.82, 2.24) is 0 Å². The van der Waals surface area contributed by atoms with Crippen LogP contribution in [0, 0.1) is 5.82 Å². The van der Waals surface area contributed by atoms with E-state index in [4.69, 9.17) is 9.84 Å². The lowest BCUT2D eigenvalue weighted by molar-refractivity contribution is -0.116. The van der Waals surface area contributed by atoms with E-state index in [0.29, 0.717) is 17.0 Å². The molecule has 2 rings (SSSR count). The maximum atomic E-state index is 13.7. The molecule has 0 aliphatic heterocycles. The Balaban J connectivity index is 1.90. The van der Waals surface area contributed by atoms with Crippen LogP contribution in [0.15, 0.2) is 48.5 Å². The van der Waals surface area contributed by atoms with Gasteiger partial charge in [0, 0.05) is 12.1 Å². The molecule has 0 aromatic heterocycles. The van der Waals surface area contributed by atoms with E-state index >= 15 is 0 Å². The summed E-state index contributed by atoms with van der Waals surface area (Å²) in [6, 6.07) is 13.4. The van der Waals surface area contributed by atoms with Gasteiger partial charge < -0.3 is 15.2 Å². The van der Waals surface area contributed by atoms with Crippen molar-refractivity contribution in [2.24, 2.45) is 0 Å². The fourth-order valence-electron chi connectivity index (χ4n) is 2.27. The number of hydrogen-bond acceptors (Lipinski definition) is 3. The first kappa shape index (κ1) is 17.0. The highest BCUT2D eigenvalue weighted by Gasteiger charge is 2.14. The number of aliphatic hydroxyl groups excluding tert-OH is 1. The van der Waals surface area contributed by atoms with Gasteiger partial charge in [-0.3, -0.25) is 4.79 Å². The number of benzene rings is 2. The van der Waals surface area contributed by atoms with Crippen molar-refractivity contribution in [3.63, 3.8) is 0 Å². The van der Waals surface area contributed by atoms with E-state index in [1.807, 2.05) is 6.92 Å². The van der Waals surface area contributed by atoms with Crippen molar-refractivity contribution in [3.05, 3.63) is 59.9 Å². The van der Waals surface area contributed by atoms with Gasteiger partial charge in [0.1, 0.15) is 18.2 Å². The van der Waals surface area contributed by atoms with Gasteiger partial charge in [0.05, 0.1) is 6.61 Å². The van der Waals surface area contributed by atoms with Crippen molar-refractivity contribution in [2.45, 2.75) is 19.3 Å². The molecule has 0 fully saturated rings. The lowest BCUT2D eigenvalue weighted by atomic mass is 9.97. The van der Waals surface area contributed by atoms with Crippen LogP contribution in [0.1, 0.15) is 24.8 Å². The number of halogens is 1. The van der Waals surface area contributed by atoms with Crippen LogP contribution in [0.25, 0.3) is 0 Å². The summed E-state index contributed by atoms with van der Waals surface area (Å²) in [4.78, 5) is 12.1. The molecule has 0 heterocycles. The van der Waals surface area contributed by atoms with Crippen LogP contribution in [0.5, 0.6) is 5.75 Å². The fourth-order valence-corrected chi connectivity index (χ4v) is 2.27. The highest BCUT2D eigenvalue weighted by atomic mass is 19.1. The second-order valence-electron chi connectivity index (χ2n) is 5.27. The number of ether oxygens (including phenoxy) is 1. The summed E-state index contributed by atoms with van der Waals surface area (Å²) in [5.41, 5.74) is 1.18. The molecular formula is C18H20FNO3. The second-order valence-corrected chi connectivity index (χ2v) is 5.27. The highest BCUT2D eigenvalue weighted by molar-refractivity contribution is 5.91. The molecular weight excluding hydrogens is 297 g/mol. The Morgan fingerprint density at radius 2 is 1.91 bits per heavy atom. The van der Waals surface area contributed by atoms with Crippen LogP contribution in [-0.2, 0) is 4.79 Å². The monoisotopic (exact) mass is 317 g/mol. The van der Waals surface area contributed by atoms with Gasteiger partial charge in [-0.2, -0.15) is 0 Å². The molecule has 122 valence electrons. The first-order valence-corrected chi connectivity index (χ1v) is 7.48. The molecule has 1 unspecified atom stereocenters. The summed E-state index contributed by atoms with van der Waals surface area (Å²) >= 11 is 0. The van der Waals surface area contributed by atoms with Gasteiger partial charge in [0.15, 0.2) is 0 Å². The molecule has 2 N–H and O–H groups in total. The fraction of sp³-hybridized carbons (Fsp3) is 0.278. The van der Waals surface area contributed by atoms with Crippen molar-refractivity contribution >= 4 is 11.6 Å². The van der Waals surface area contributed by atoms with E-state index in [2.05, 4.69) is 5.32 Å². The topological polar surface area (TPSA) is 58.6 Å². The Morgan fingerprint density at radius 3 is 2.57 bits per heavy atom. The molecule has 23 heavy (non-hydrogen) atoms. The zero-order valence-electron chi connectivity index (χ0n) is 13.0. The Bertz CT molecular complexity index is 643. The number of aliphatic hydroxyl groups is 1. The summed E-state index contributed by atoms with van der Waals surface area (Å²) in [5, 5.41) is 11.5. The summed E-state index contributed by atoms with van der Waals surface area (Å²) < 4.78 is 18.9. The van der Waals surface area contributed by atoms with Crippen molar-refractivity contribution < 1.29 is 19.0 Å². The van der Waals surface area contributed by atoms with Crippen molar-refractivity contribution in [2.75, 3.05) is 18.5 Å². The van der Waals surface area contributed by atoms with E-state index in [1.165, 1.54) is 6.07 Å². The van der Waals surface area contributed by atoms with E-state index in [-0.39, 0.29) is 37.3 Å². The minimum atomic E-state index is -0.293. The standard InChI is InChI=1S/C18H20FNO3/c1-13(16-4-2-3-5-17(16)19)12-18(22)20-14-6-8-15(9-7-14)23-11-10-21/h2-9,13,21H,10-12H2,1H3,(H,20,22). The SMILES string of the molecule is CC(CC(=O)Nc1ccc(OCCO)cc1)c1ccccc1F. The van der Waals surface area contributed by atoms with Crippen LogP contribution >= 0.6 is 0 Å². The molecule has 0 spiro atoms. The number of amides is 1. The first-order valence-electron chi connectivity index (χ1n) is 7.48. The molecule has 0 bridgehead atoms. The van der Waals surface area contributed by atoms with Gasteiger partial charge in [-0.05, 0) is 41.8 Å². The lowest BCUT2D eigenvalue weighted by Crippen LogP contribution is -2.15. The summed E-state index contributed by atoms with van der Waals surface area (Å²) in [6.45, 7) is 2.00. The quantitative estimate of drug-likeness (QED) is 0.823. The Hall–Kier alpha value is -2.40. The van der Waals surface area contributed by atoms with E-state index in [1.54, 1.807) is 42.5 Å². The highest BCUT2D eigenvalue weighted by Crippen LogP contribution is 2.23. The summed E-state index contributed by atoms with van der Waals surface area (Å²) in [5.74, 6) is -0.0527. The molecule has 0 aliphatic carbocycles. The molecule has 1 amide bonds. The van der Waals surface area contributed by atoms with E-state index < -0.39 is 0 Å². The second kappa shape index (κ2) is 8.29. The molecule has 2 aromatic rings. The average molecular weight is 317 g/mol. The van der Waals surface area contributed by atoms with Crippen molar-refractivity contribution in [1.29, 1.82) is 0 Å². The Kier molecular flexibility index (Phi) is 6.11.